The minimum Gasteiger partial charge on any atom is -0.367 e. The van der Waals surface area contributed by atoms with Crippen LogP contribution >= 0.6 is 0 Å². The largest absolute Gasteiger partial charge is 0.367 e. The van der Waals surface area contributed by atoms with Crippen LogP contribution < -0.4 is 4.90 Å². The first kappa shape index (κ1) is 16.5. The predicted molar refractivity (Wildman–Crippen MR) is 86.1 cm³/mol. The highest BCUT2D eigenvalue weighted by atomic mass is 16.2. The van der Waals surface area contributed by atoms with Crippen LogP contribution in [0.3, 0.4) is 0 Å². The Hall–Kier alpha value is -1.51. The zero-order valence-electron chi connectivity index (χ0n) is 13.5. The summed E-state index contributed by atoms with van der Waals surface area (Å²) >= 11 is 0. The molecule has 3 heteroatoms. The molecule has 2 rings (SSSR count). The van der Waals surface area contributed by atoms with Gasteiger partial charge in [0.1, 0.15) is 0 Å². The number of piperazine rings is 1. The predicted octanol–water partition coefficient (Wildman–Crippen LogP) is 3.55. The normalized spacial score (nSPS) is 22.1. The maximum Gasteiger partial charge on any atom is 0.222 e. The van der Waals surface area contributed by atoms with Crippen LogP contribution in [0.1, 0.15) is 41.0 Å². The summed E-state index contributed by atoms with van der Waals surface area (Å²) in [5, 5.41) is 0. The molecule has 3 nitrogen and oxygen atoms in total. The Morgan fingerprint density at radius 3 is 2.05 bits per heavy atom. The molecule has 20 heavy (non-hydrogen) atoms. The van der Waals surface area contributed by atoms with Gasteiger partial charge >= 0.3 is 0 Å². The van der Waals surface area contributed by atoms with Crippen LogP contribution in [0.4, 0.5) is 5.69 Å². The van der Waals surface area contributed by atoms with Gasteiger partial charge in [-0.25, -0.2) is 0 Å². The van der Waals surface area contributed by atoms with Crippen molar-refractivity contribution in [1.82, 2.24) is 4.90 Å². The summed E-state index contributed by atoms with van der Waals surface area (Å²) < 4.78 is 0. The molecular weight excluding hydrogens is 248 g/mol. The SMILES string of the molecule is CC.CCC(=O)N1C(C)CN(c2ccccc2)CC1C. The van der Waals surface area contributed by atoms with E-state index in [1.165, 1.54) is 5.69 Å². The van der Waals surface area contributed by atoms with E-state index in [0.717, 1.165) is 13.1 Å². The van der Waals surface area contributed by atoms with Crippen molar-refractivity contribution in [2.45, 2.75) is 53.1 Å². The lowest BCUT2D eigenvalue weighted by molar-refractivity contribution is -0.135. The van der Waals surface area contributed by atoms with Crippen molar-refractivity contribution in [2.24, 2.45) is 0 Å². The zero-order valence-corrected chi connectivity index (χ0v) is 13.5. The summed E-state index contributed by atoms with van der Waals surface area (Å²) in [7, 11) is 0. The number of amides is 1. The van der Waals surface area contributed by atoms with Crippen molar-refractivity contribution in [1.29, 1.82) is 0 Å². The van der Waals surface area contributed by atoms with Crippen LogP contribution in [0.15, 0.2) is 30.3 Å². The summed E-state index contributed by atoms with van der Waals surface area (Å²) in [6, 6.07) is 11.0. The molecule has 2 atom stereocenters. The maximum absolute atomic E-state index is 11.9. The van der Waals surface area contributed by atoms with Gasteiger partial charge in [-0.15, -0.1) is 0 Å². The van der Waals surface area contributed by atoms with Gasteiger partial charge in [-0.1, -0.05) is 39.0 Å². The van der Waals surface area contributed by atoms with Crippen LogP contribution in [0.2, 0.25) is 0 Å². The van der Waals surface area contributed by atoms with Crippen LogP contribution in [-0.2, 0) is 4.79 Å². The quantitative estimate of drug-likeness (QED) is 0.824. The van der Waals surface area contributed by atoms with Gasteiger partial charge in [0, 0.05) is 37.3 Å². The molecule has 1 amide bonds. The first-order chi connectivity index (χ1) is 9.63. The van der Waals surface area contributed by atoms with Gasteiger partial charge in [0.2, 0.25) is 5.91 Å². The number of carbonyl (C=O) groups excluding carboxylic acids is 1. The van der Waals surface area contributed by atoms with E-state index in [9.17, 15) is 4.79 Å². The summed E-state index contributed by atoms with van der Waals surface area (Å²) in [4.78, 5) is 16.3. The lowest BCUT2D eigenvalue weighted by atomic mass is 10.1. The van der Waals surface area contributed by atoms with Crippen LogP contribution in [0, 0.1) is 0 Å². The van der Waals surface area contributed by atoms with Crippen LogP contribution in [0.5, 0.6) is 0 Å². The Morgan fingerprint density at radius 1 is 1.10 bits per heavy atom. The molecule has 2 unspecified atom stereocenters. The van der Waals surface area contributed by atoms with E-state index >= 15 is 0 Å². The molecule has 0 bridgehead atoms. The lowest BCUT2D eigenvalue weighted by Crippen LogP contribution is -2.58. The molecule has 1 aromatic carbocycles. The summed E-state index contributed by atoms with van der Waals surface area (Å²) in [6.07, 6.45) is 0.597. The smallest absolute Gasteiger partial charge is 0.222 e. The molecule has 0 aliphatic carbocycles. The van der Waals surface area contributed by atoms with Gasteiger partial charge in [0.15, 0.2) is 0 Å². The van der Waals surface area contributed by atoms with Crippen molar-refractivity contribution in [3.8, 4) is 0 Å². The van der Waals surface area contributed by atoms with Crippen molar-refractivity contribution in [3.63, 3.8) is 0 Å². The van der Waals surface area contributed by atoms with E-state index in [4.69, 9.17) is 0 Å². The third kappa shape index (κ3) is 3.75. The molecule has 1 saturated heterocycles. The average Bonchev–Trinajstić information content (AvgIpc) is 2.49. The number of hydrogen-bond acceptors (Lipinski definition) is 2. The Labute approximate surface area is 123 Å². The van der Waals surface area contributed by atoms with Gasteiger partial charge in [-0.3, -0.25) is 4.79 Å². The van der Waals surface area contributed by atoms with E-state index in [1.54, 1.807) is 0 Å². The minimum absolute atomic E-state index is 0.266. The first-order valence-electron chi connectivity index (χ1n) is 7.74. The first-order valence-corrected chi connectivity index (χ1v) is 7.74. The highest BCUT2D eigenvalue weighted by Gasteiger charge is 2.31. The number of nitrogens with zero attached hydrogens (tertiary/aromatic N) is 2. The number of anilines is 1. The van der Waals surface area contributed by atoms with E-state index in [-0.39, 0.29) is 18.0 Å². The Balaban J connectivity index is 0.000000956. The standard InChI is InChI=1S/C15H22N2O.C2H6/c1-4-15(18)17-12(2)10-16(11-13(17)3)14-8-6-5-7-9-14;1-2/h5-9,12-13H,4,10-11H2,1-3H3;1-2H3. The van der Waals surface area contributed by atoms with E-state index in [1.807, 2.05) is 31.7 Å². The zero-order chi connectivity index (χ0) is 15.1. The molecule has 0 radical (unpaired) electrons. The summed E-state index contributed by atoms with van der Waals surface area (Å²) in [5.74, 6) is 0.266. The third-order valence-corrected chi connectivity index (χ3v) is 3.63. The fourth-order valence-electron chi connectivity index (χ4n) is 2.85. The van der Waals surface area contributed by atoms with Crippen molar-refractivity contribution in [3.05, 3.63) is 30.3 Å². The molecule has 1 fully saturated rings. The Bertz CT molecular complexity index is 393. The van der Waals surface area contributed by atoms with Crippen molar-refractivity contribution in [2.75, 3.05) is 18.0 Å². The highest BCUT2D eigenvalue weighted by molar-refractivity contribution is 5.77. The maximum atomic E-state index is 11.9. The van der Waals surface area contributed by atoms with Gasteiger partial charge in [-0.2, -0.15) is 0 Å². The van der Waals surface area contributed by atoms with Gasteiger partial charge < -0.3 is 9.80 Å². The second-order valence-corrected chi connectivity index (χ2v) is 5.09. The van der Waals surface area contributed by atoms with Gasteiger partial charge in [0.25, 0.3) is 0 Å². The number of benzene rings is 1. The number of carbonyl (C=O) groups is 1. The molecule has 0 spiro atoms. The van der Waals surface area contributed by atoms with Crippen molar-refractivity contribution < 1.29 is 4.79 Å². The van der Waals surface area contributed by atoms with Gasteiger partial charge in [0.05, 0.1) is 0 Å². The molecule has 1 aliphatic heterocycles. The topological polar surface area (TPSA) is 23.6 Å². The Morgan fingerprint density at radius 2 is 1.60 bits per heavy atom. The second kappa shape index (κ2) is 7.93. The lowest BCUT2D eigenvalue weighted by Gasteiger charge is -2.45. The third-order valence-electron chi connectivity index (χ3n) is 3.63. The second-order valence-electron chi connectivity index (χ2n) is 5.09. The number of rotatable bonds is 2. The van der Waals surface area contributed by atoms with E-state index in [0.29, 0.717) is 6.42 Å². The summed E-state index contributed by atoms with van der Waals surface area (Å²) in [5.41, 5.74) is 1.25. The molecule has 1 heterocycles. The molecule has 112 valence electrons. The molecule has 1 aromatic rings. The van der Waals surface area contributed by atoms with Crippen molar-refractivity contribution >= 4 is 11.6 Å². The molecule has 1 aliphatic rings. The molecule has 0 N–H and O–H groups in total. The number of hydrogen-bond donors (Lipinski definition) is 0. The number of para-hydroxylation sites is 1. The fourth-order valence-corrected chi connectivity index (χ4v) is 2.85. The molecule has 0 saturated carbocycles. The highest BCUT2D eigenvalue weighted by Crippen LogP contribution is 2.22. The molecule has 0 aromatic heterocycles. The monoisotopic (exact) mass is 276 g/mol. The van der Waals surface area contributed by atoms with Crippen LogP contribution in [-0.4, -0.2) is 36.0 Å². The fraction of sp³-hybridized carbons (Fsp3) is 0.588. The van der Waals surface area contributed by atoms with Crippen LogP contribution in [0.25, 0.3) is 0 Å². The Kier molecular flexibility index (Phi) is 6.56. The minimum atomic E-state index is 0.266. The van der Waals surface area contributed by atoms with E-state index in [2.05, 4.69) is 43.0 Å². The van der Waals surface area contributed by atoms with E-state index < -0.39 is 0 Å². The van der Waals surface area contributed by atoms with Gasteiger partial charge in [-0.05, 0) is 26.0 Å². The summed E-state index contributed by atoms with van der Waals surface area (Å²) in [6.45, 7) is 12.0. The average molecular weight is 276 g/mol. The molecular formula is C17H28N2O.